The average Bonchev–Trinajstić information content (AvgIpc) is 2.38. The van der Waals surface area contributed by atoms with E-state index in [1.807, 2.05) is 37.3 Å². The average molecular weight is 233 g/mol. The second-order valence-corrected chi connectivity index (χ2v) is 4.27. The summed E-state index contributed by atoms with van der Waals surface area (Å²) in [5.74, 6) is 0. The number of hydrogen-bond acceptors (Lipinski definition) is 1. The Morgan fingerprint density at radius 3 is 2.83 bits per heavy atom. The van der Waals surface area contributed by atoms with Crippen molar-refractivity contribution < 1.29 is 0 Å². The first kappa shape index (κ1) is 10.8. The van der Waals surface area contributed by atoms with Gasteiger partial charge in [-0.25, -0.2) is 0 Å². The van der Waals surface area contributed by atoms with E-state index in [1.165, 1.54) is 0 Å². The molecule has 86 valence electrons. The molecule has 1 N–H and O–H groups in total. The van der Waals surface area contributed by atoms with Crippen LogP contribution in [0.25, 0.3) is 22.0 Å². The summed E-state index contributed by atoms with van der Waals surface area (Å²) >= 11 is 0. The van der Waals surface area contributed by atoms with Gasteiger partial charge in [0.15, 0.2) is 0 Å². The Bertz CT molecular complexity index is 771. The molecule has 2 aromatic carbocycles. The van der Waals surface area contributed by atoms with Gasteiger partial charge in [0.25, 0.3) is 0 Å². The van der Waals surface area contributed by atoms with E-state index in [2.05, 4.69) is 23.2 Å². The fourth-order valence-electron chi connectivity index (χ4n) is 2.02. The molecule has 3 aromatic rings. The van der Waals surface area contributed by atoms with Gasteiger partial charge >= 0.3 is 0 Å². The summed E-state index contributed by atoms with van der Waals surface area (Å²) in [6.07, 6.45) is 0. The first-order valence-corrected chi connectivity index (χ1v) is 5.76. The quantitative estimate of drug-likeness (QED) is 0.688. The summed E-state index contributed by atoms with van der Waals surface area (Å²) in [5, 5.41) is 1.02. The molecule has 18 heavy (non-hydrogen) atoms. The molecule has 2 heteroatoms. The molecule has 0 bridgehead atoms. The second-order valence-electron chi connectivity index (χ2n) is 4.27. The topological polar surface area (TPSA) is 32.9 Å². The number of pyridine rings is 1. The molecule has 0 saturated carbocycles. The van der Waals surface area contributed by atoms with Crippen LogP contribution in [0.2, 0.25) is 0 Å². The van der Waals surface area contributed by atoms with Crippen LogP contribution in [0.1, 0.15) is 5.56 Å². The number of nitrogens with one attached hydrogen (secondary N) is 1. The van der Waals surface area contributed by atoms with Gasteiger partial charge in [-0.3, -0.25) is 4.79 Å². The third-order valence-electron chi connectivity index (χ3n) is 2.91. The summed E-state index contributed by atoms with van der Waals surface area (Å²) in [7, 11) is 0. The molecule has 0 aliphatic carbocycles. The van der Waals surface area contributed by atoms with Gasteiger partial charge in [-0.1, -0.05) is 18.2 Å². The van der Waals surface area contributed by atoms with Crippen molar-refractivity contribution in [2.24, 2.45) is 0 Å². The van der Waals surface area contributed by atoms with Gasteiger partial charge in [-0.2, -0.15) is 0 Å². The molecule has 3 rings (SSSR count). The Balaban J connectivity index is 2.19. The molecule has 1 aromatic heterocycles. The molecule has 0 aliphatic rings. The van der Waals surface area contributed by atoms with E-state index in [1.54, 1.807) is 6.07 Å². The van der Waals surface area contributed by atoms with Crippen LogP contribution in [0.4, 0.5) is 0 Å². The van der Waals surface area contributed by atoms with Crippen LogP contribution in [0.3, 0.4) is 0 Å². The zero-order valence-electron chi connectivity index (χ0n) is 9.95. The summed E-state index contributed by atoms with van der Waals surface area (Å²) in [4.78, 5) is 14.0. The minimum Gasteiger partial charge on any atom is -0.322 e. The predicted molar refractivity (Wildman–Crippen MR) is 72.4 cm³/mol. The van der Waals surface area contributed by atoms with Crippen molar-refractivity contribution in [2.45, 2.75) is 6.92 Å². The Kier molecular flexibility index (Phi) is 2.49. The Labute approximate surface area is 105 Å². The molecule has 0 amide bonds. The van der Waals surface area contributed by atoms with Gasteiger partial charge in [-0.15, -0.1) is 0 Å². The SMILES string of the molecule is Cc1[c]ccc(-c2ccc3[nH]c(=O)ccc3c2)[c]1. The lowest BCUT2D eigenvalue weighted by atomic mass is 10.0. The number of H-pyrrole nitrogens is 1. The van der Waals surface area contributed by atoms with E-state index in [9.17, 15) is 4.79 Å². The lowest BCUT2D eigenvalue weighted by molar-refractivity contribution is 1.31. The van der Waals surface area contributed by atoms with Crippen molar-refractivity contribution >= 4 is 10.9 Å². The molecular weight excluding hydrogens is 222 g/mol. The van der Waals surface area contributed by atoms with Crippen LogP contribution < -0.4 is 5.56 Å². The van der Waals surface area contributed by atoms with Crippen LogP contribution >= 0.6 is 0 Å². The van der Waals surface area contributed by atoms with Gasteiger partial charge in [0.1, 0.15) is 0 Å². The summed E-state index contributed by atoms with van der Waals surface area (Å²) in [6.45, 7) is 1.97. The van der Waals surface area contributed by atoms with E-state index in [-0.39, 0.29) is 5.56 Å². The largest absolute Gasteiger partial charge is 0.322 e. The van der Waals surface area contributed by atoms with Crippen LogP contribution in [0, 0.1) is 19.1 Å². The monoisotopic (exact) mass is 233 g/mol. The van der Waals surface area contributed by atoms with Gasteiger partial charge in [0, 0.05) is 11.6 Å². The van der Waals surface area contributed by atoms with E-state index in [4.69, 9.17) is 0 Å². The third kappa shape index (κ3) is 1.93. The smallest absolute Gasteiger partial charge is 0.248 e. The van der Waals surface area contributed by atoms with E-state index < -0.39 is 0 Å². The van der Waals surface area contributed by atoms with Gasteiger partial charge in [0.2, 0.25) is 5.56 Å². The zero-order chi connectivity index (χ0) is 12.5. The fourth-order valence-corrected chi connectivity index (χ4v) is 2.02. The molecule has 0 unspecified atom stereocenters. The molecule has 0 saturated heterocycles. The zero-order valence-corrected chi connectivity index (χ0v) is 9.95. The molecule has 0 atom stereocenters. The van der Waals surface area contributed by atoms with Crippen molar-refractivity contribution in [2.75, 3.05) is 0 Å². The number of hydrogen-bond donors (Lipinski definition) is 1. The molecule has 0 fully saturated rings. The van der Waals surface area contributed by atoms with Crippen molar-refractivity contribution in [3.8, 4) is 11.1 Å². The normalized spacial score (nSPS) is 10.7. The molecule has 2 radical (unpaired) electrons. The van der Waals surface area contributed by atoms with Gasteiger partial charge in [-0.05, 0) is 59.3 Å². The first-order valence-electron chi connectivity index (χ1n) is 5.76. The standard InChI is InChI=1S/C16H11NO/c1-11-3-2-4-12(9-11)13-5-7-15-14(10-13)6-8-16(18)17-15/h2,4-8,10H,1H3,(H,17,18). The molecule has 1 heterocycles. The van der Waals surface area contributed by atoms with Crippen LogP contribution in [-0.2, 0) is 0 Å². The summed E-state index contributed by atoms with van der Waals surface area (Å²) in [5.41, 5.74) is 3.90. The number of aromatic nitrogens is 1. The molecular formula is C16H11NO. The van der Waals surface area contributed by atoms with Crippen molar-refractivity contribution in [1.29, 1.82) is 0 Å². The van der Waals surface area contributed by atoms with Crippen LogP contribution in [0.5, 0.6) is 0 Å². The number of benzene rings is 2. The number of fused-ring (bicyclic) bond motifs is 1. The Hall–Kier alpha value is -2.35. The maximum atomic E-state index is 11.2. The number of rotatable bonds is 1. The fraction of sp³-hybridized carbons (Fsp3) is 0.0625. The summed E-state index contributed by atoms with van der Waals surface area (Å²) in [6, 6.07) is 19.6. The first-order chi connectivity index (χ1) is 8.72. The van der Waals surface area contributed by atoms with Crippen molar-refractivity contribution in [3.63, 3.8) is 0 Å². The second kappa shape index (κ2) is 4.15. The maximum absolute atomic E-state index is 11.2. The highest BCUT2D eigenvalue weighted by Gasteiger charge is 2.01. The maximum Gasteiger partial charge on any atom is 0.248 e. The minimum atomic E-state index is -0.0769. The van der Waals surface area contributed by atoms with Gasteiger partial charge < -0.3 is 4.98 Å². The van der Waals surface area contributed by atoms with Crippen molar-refractivity contribution in [3.05, 3.63) is 70.5 Å². The highest BCUT2D eigenvalue weighted by molar-refractivity contribution is 5.84. The van der Waals surface area contributed by atoms with E-state index in [0.717, 1.165) is 27.6 Å². The van der Waals surface area contributed by atoms with Crippen LogP contribution in [-0.4, -0.2) is 4.98 Å². The Morgan fingerprint density at radius 1 is 1.11 bits per heavy atom. The number of aryl methyl sites for hydroxylation is 1. The minimum absolute atomic E-state index is 0.0769. The number of aromatic amines is 1. The van der Waals surface area contributed by atoms with Crippen LogP contribution in [0.15, 0.2) is 47.3 Å². The van der Waals surface area contributed by atoms with Gasteiger partial charge in [0.05, 0.1) is 0 Å². The third-order valence-corrected chi connectivity index (χ3v) is 2.91. The molecule has 0 aliphatic heterocycles. The highest BCUT2D eigenvalue weighted by atomic mass is 16.1. The predicted octanol–water partition coefficient (Wildman–Crippen LogP) is 3.10. The lowest BCUT2D eigenvalue weighted by Gasteiger charge is -2.04. The Morgan fingerprint density at radius 2 is 2.00 bits per heavy atom. The lowest BCUT2D eigenvalue weighted by Crippen LogP contribution is -2.01. The van der Waals surface area contributed by atoms with Crippen molar-refractivity contribution in [1.82, 2.24) is 4.98 Å². The molecule has 0 spiro atoms. The molecule has 2 nitrogen and oxygen atoms in total. The summed E-state index contributed by atoms with van der Waals surface area (Å²) < 4.78 is 0. The van der Waals surface area contributed by atoms with E-state index in [0.29, 0.717) is 0 Å². The highest BCUT2D eigenvalue weighted by Crippen LogP contribution is 2.23. The van der Waals surface area contributed by atoms with E-state index >= 15 is 0 Å².